The Morgan fingerprint density at radius 2 is 1.56 bits per heavy atom. The fourth-order valence-corrected chi connectivity index (χ4v) is 7.73. The number of benzene rings is 3. The van der Waals surface area contributed by atoms with Gasteiger partial charge in [-0.2, -0.15) is 0 Å². The van der Waals surface area contributed by atoms with Crippen molar-refractivity contribution in [1.29, 1.82) is 0 Å². The molecule has 0 unspecified atom stereocenters. The zero-order valence-electron chi connectivity index (χ0n) is 28.4. The van der Waals surface area contributed by atoms with Gasteiger partial charge in [0.2, 0.25) is 17.7 Å². The highest BCUT2D eigenvalue weighted by atomic mass is 19.3. The van der Waals surface area contributed by atoms with Crippen molar-refractivity contribution in [3.8, 4) is 11.6 Å². The molecule has 3 heterocycles. The molecule has 272 valence electrons. The molecule has 13 heteroatoms. The number of nitrogen functional groups attached to an aromatic ring is 1. The summed E-state index contributed by atoms with van der Waals surface area (Å²) in [6.45, 7) is -1.39. The van der Waals surface area contributed by atoms with E-state index in [9.17, 15) is 23.9 Å². The number of aromatic nitrogens is 2. The molecule has 1 saturated carbocycles. The molecule has 3 aliphatic rings. The monoisotopic (exact) mass is 715 g/mol. The van der Waals surface area contributed by atoms with E-state index >= 15 is 8.78 Å². The fourth-order valence-electron chi connectivity index (χ4n) is 7.73. The van der Waals surface area contributed by atoms with Crippen LogP contribution in [0.3, 0.4) is 0 Å². The molecule has 3 aromatic carbocycles. The van der Waals surface area contributed by atoms with Crippen LogP contribution in [-0.4, -0.2) is 74.0 Å². The van der Waals surface area contributed by atoms with Crippen LogP contribution in [0.25, 0.3) is 0 Å². The topological polar surface area (TPSA) is 131 Å². The first kappa shape index (κ1) is 35.2. The van der Waals surface area contributed by atoms with Gasteiger partial charge in [-0.1, -0.05) is 60.7 Å². The molecule has 1 aromatic heterocycles. The minimum Gasteiger partial charge on any atom is -0.437 e. The van der Waals surface area contributed by atoms with E-state index in [0.717, 1.165) is 46.3 Å². The Morgan fingerprint density at radius 3 is 2.21 bits per heavy atom. The number of nitrogens with two attached hydrogens (primary N) is 1. The summed E-state index contributed by atoms with van der Waals surface area (Å²) in [6, 6.07) is 24.4. The van der Waals surface area contributed by atoms with Gasteiger partial charge in [-0.05, 0) is 60.6 Å². The van der Waals surface area contributed by atoms with Crippen molar-refractivity contribution in [2.75, 3.05) is 31.9 Å². The van der Waals surface area contributed by atoms with E-state index in [1.54, 1.807) is 0 Å². The maximum Gasteiger partial charge on any atom is 0.295 e. The van der Waals surface area contributed by atoms with Crippen molar-refractivity contribution in [2.24, 2.45) is 11.8 Å². The summed E-state index contributed by atoms with van der Waals surface area (Å²) in [5.41, 5.74) is 3.94. The number of rotatable bonds is 8. The zero-order valence-corrected chi connectivity index (χ0v) is 28.4. The minimum atomic E-state index is -3.79. The number of hydrogen-bond donors (Lipinski definition) is 2. The summed E-state index contributed by atoms with van der Waals surface area (Å²) in [7, 11) is 0. The standard InChI is InChI=1S/C39H40F3N5O5/c40-29-11-13-30(14-12-29)52-34-33(43)37(50)47(24-44-34)22-38(51)16-18-46(23-39(38,41)42)36(49)31-15-17-45(21-32(31)26-9-5-2-6-10-26)35(48)28-19-27(20-28)25-7-3-1-4-8-25/h1-14,24,27-28,31-32,51H,15-23,43H2/t27?,28?,31-,32+,38+/m1/s1. The second-order valence-electron chi connectivity index (χ2n) is 14.2. The zero-order chi connectivity index (χ0) is 36.6. The van der Waals surface area contributed by atoms with Crippen LogP contribution >= 0.6 is 0 Å². The van der Waals surface area contributed by atoms with Crippen molar-refractivity contribution < 1.29 is 32.6 Å². The molecule has 7 rings (SSSR count). The number of nitrogens with zero attached hydrogens (tertiary/aromatic N) is 4. The molecule has 2 amide bonds. The van der Waals surface area contributed by atoms with Gasteiger partial charge in [0, 0.05) is 43.8 Å². The molecule has 1 aliphatic carbocycles. The van der Waals surface area contributed by atoms with Gasteiger partial charge in [-0.3, -0.25) is 19.0 Å². The average molecular weight is 716 g/mol. The summed E-state index contributed by atoms with van der Waals surface area (Å²) in [4.78, 5) is 47.6. The molecular formula is C39H40F3N5O5. The predicted octanol–water partition coefficient (Wildman–Crippen LogP) is 5.18. The van der Waals surface area contributed by atoms with Gasteiger partial charge >= 0.3 is 0 Å². The lowest BCUT2D eigenvalue weighted by Gasteiger charge is -2.47. The van der Waals surface area contributed by atoms with Crippen LogP contribution in [0.15, 0.2) is 96.1 Å². The third-order valence-corrected chi connectivity index (χ3v) is 10.9. The van der Waals surface area contributed by atoms with Crippen molar-refractivity contribution in [1.82, 2.24) is 19.4 Å². The molecule has 0 radical (unpaired) electrons. The lowest BCUT2D eigenvalue weighted by atomic mass is 9.70. The maximum atomic E-state index is 15.9. The van der Waals surface area contributed by atoms with Crippen LogP contribution in [0, 0.1) is 17.7 Å². The molecule has 3 atom stereocenters. The van der Waals surface area contributed by atoms with E-state index in [0.29, 0.717) is 25.4 Å². The summed E-state index contributed by atoms with van der Waals surface area (Å²) in [5, 5.41) is 11.3. The third kappa shape index (κ3) is 6.89. The van der Waals surface area contributed by atoms with E-state index in [4.69, 9.17) is 10.5 Å². The minimum absolute atomic E-state index is 0.0639. The Morgan fingerprint density at radius 1 is 0.904 bits per heavy atom. The molecule has 52 heavy (non-hydrogen) atoms. The first-order valence-electron chi connectivity index (χ1n) is 17.5. The van der Waals surface area contributed by atoms with E-state index in [1.807, 2.05) is 53.4 Å². The summed E-state index contributed by atoms with van der Waals surface area (Å²) >= 11 is 0. The number of alkyl halides is 2. The van der Waals surface area contributed by atoms with Gasteiger partial charge in [0.1, 0.15) is 23.5 Å². The van der Waals surface area contributed by atoms with E-state index in [2.05, 4.69) is 17.1 Å². The van der Waals surface area contributed by atoms with Gasteiger partial charge in [0.25, 0.3) is 11.5 Å². The Bertz CT molecular complexity index is 1970. The summed E-state index contributed by atoms with van der Waals surface area (Å²) in [5.74, 6) is -5.62. The number of amides is 2. The number of ether oxygens (including phenoxy) is 1. The van der Waals surface area contributed by atoms with Crippen LogP contribution in [0.4, 0.5) is 18.9 Å². The van der Waals surface area contributed by atoms with Crippen LogP contribution in [-0.2, 0) is 16.1 Å². The second-order valence-corrected chi connectivity index (χ2v) is 14.2. The van der Waals surface area contributed by atoms with Gasteiger partial charge in [0.05, 0.1) is 13.1 Å². The quantitative estimate of drug-likeness (QED) is 0.257. The largest absolute Gasteiger partial charge is 0.437 e. The third-order valence-electron chi connectivity index (χ3n) is 10.9. The molecule has 3 fully saturated rings. The Hall–Kier alpha value is -5.17. The normalized spacial score (nSPS) is 25.6. The molecular weight excluding hydrogens is 675 g/mol. The maximum absolute atomic E-state index is 15.9. The number of aliphatic hydroxyl groups is 1. The number of carbonyl (C=O) groups excluding carboxylic acids is 2. The molecule has 2 aliphatic heterocycles. The average Bonchev–Trinajstić information content (AvgIpc) is 3.13. The number of hydrogen-bond acceptors (Lipinski definition) is 7. The van der Waals surface area contributed by atoms with Crippen molar-refractivity contribution >= 4 is 17.5 Å². The van der Waals surface area contributed by atoms with Crippen molar-refractivity contribution in [3.63, 3.8) is 0 Å². The summed E-state index contributed by atoms with van der Waals surface area (Å²) < 4.78 is 51.3. The molecule has 0 bridgehead atoms. The Labute approximate surface area is 298 Å². The lowest BCUT2D eigenvalue weighted by Crippen LogP contribution is -2.64. The first-order chi connectivity index (χ1) is 24.9. The fraction of sp³-hybridized carbons (Fsp3) is 0.385. The predicted molar refractivity (Wildman–Crippen MR) is 186 cm³/mol. The number of likely N-dealkylation sites (tertiary alicyclic amines) is 2. The van der Waals surface area contributed by atoms with Gasteiger partial charge < -0.3 is 25.4 Å². The SMILES string of the molecule is Nc1c(Oc2ccc(F)cc2)ncn(C[C@@]2(O)CCN(C(=O)[C@@H]3CCN(C(=O)C4CC(c5ccccc5)C4)C[C@H]3c3ccccc3)CC2(F)F)c1=O. The highest BCUT2D eigenvalue weighted by molar-refractivity contribution is 5.83. The van der Waals surface area contributed by atoms with E-state index in [-0.39, 0.29) is 30.0 Å². The Balaban J connectivity index is 1.02. The molecule has 3 N–H and O–H groups in total. The second kappa shape index (κ2) is 14.1. The smallest absolute Gasteiger partial charge is 0.295 e. The molecule has 10 nitrogen and oxygen atoms in total. The number of piperidine rings is 2. The van der Waals surface area contributed by atoms with Crippen LogP contribution in [0.5, 0.6) is 11.6 Å². The van der Waals surface area contributed by atoms with Gasteiger partial charge in [-0.15, -0.1) is 0 Å². The Kier molecular flexibility index (Phi) is 9.55. The van der Waals surface area contributed by atoms with Gasteiger partial charge in [-0.25, -0.2) is 18.2 Å². The van der Waals surface area contributed by atoms with Crippen LogP contribution < -0.4 is 16.0 Å². The van der Waals surface area contributed by atoms with Crippen LogP contribution in [0.1, 0.15) is 48.6 Å². The lowest BCUT2D eigenvalue weighted by molar-refractivity contribution is -0.223. The first-order valence-corrected chi connectivity index (χ1v) is 17.5. The molecule has 0 spiro atoms. The van der Waals surface area contributed by atoms with E-state index in [1.165, 1.54) is 17.7 Å². The summed E-state index contributed by atoms with van der Waals surface area (Å²) in [6.07, 6.45) is 2.30. The van der Waals surface area contributed by atoms with Crippen molar-refractivity contribution in [3.05, 3.63) is 119 Å². The highest BCUT2D eigenvalue weighted by Gasteiger charge is 2.58. The number of halogens is 3. The van der Waals surface area contributed by atoms with E-state index < -0.39 is 65.8 Å². The van der Waals surface area contributed by atoms with Gasteiger partial charge in [0.15, 0.2) is 5.69 Å². The highest BCUT2D eigenvalue weighted by Crippen LogP contribution is 2.45. The number of carbonyl (C=O) groups is 2. The van der Waals surface area contributed by atoms with Crippen molar-refractivity contribution in [2.45, 2.75) is 55.6 Å². The molecule has 2 saturated heterocycles. The molecule has 4 aromatic rings. The van der Waals surface area contributed by atoms with Crippen LogP contribution in [0.2, 0.25) is 0 Å². The number of anilines is 1.